The van der Waals surface area contributed by atoms with E-state index in [1.165, 1.54) is 0 Å². The first kappa shape index (κ1) is 19.2. The summed E-state index contributed by atoms with van der Waals surface area (Å²) in [5.41, 5.74) is 0.181. The van der Waals surface area contributed by atoms with Gasteiger partial charge in [-0.15, -0.1) is 0 Å². The zero-order valence-corrected chi connectivity index (χ0v) is 15.7. The van der Waals surface area contributed by atoms with Crippen molar-refractivity contribution < 1.29 is 19.4 Å². The maximum atomic E-state index is 12.4. The molecular weight excluding hydrogens is 366 g/mol. The van der Waals surface area contributed by atoms with Gasteiger partial charge in [0.2, 0.25) is 0 Å². The number of piperidine rings is 1. The molecule has 1 aliphatic heterocycles. The lowest BCUT2D eigenvalue weighted by atomic mass is 9.74. The van der Waals surface area contributed by atoms with Gasteiger partial charge in [-0.1, -0.05) is 41.9 Å². The first-order valence-corrected chi connectivity index (χ1v) is 9.30. The van der Waals surface area contributed by atoms with E-state index >= 15 is 0 Å². The van der Waals surface area contributed by atoms with Gasteiger partial charge in [0, 0.05) is 18.1 Å². The van der Waals surface area contributed by atoms with Crippen molar-refractivity contribution in [1.29, 1.82) is 0 Å². The summed E-state index contributed by atoms with van der Waals surface area (Å²) < 4.78 is 5.50. The minimum absolute atomic E-state index is 0.0691. The number of amides is 1. The number of hydrogen-bond donors (Lipinski definition) is 1. The fourth-order valence-electron chi connectivity index (χ4n) is 3.40. The largest absolute Gasteiger partial charge is 0.484 e. The summed E-state index contributed by atoms with van der Waals surface area (Å²) in [7, 11) is 0. The van der Waals surface area contributed by atoms with Gasteiger partial charge in [0.05, 0.1) is 5.41 Å². The average molecular weight is 388 g/mol. The molecule has 5 nitrogen and oxygen atoms in total. The summed E-state index contributed by atoms with van der Waals surface area (Å²) in [6.45, 7) is 0.768. The Morgan fingerprint density at radius 1 is 1.04 bits per heavy atom. The van der Waals surface area contributed by atoms with Crippen molar-refractivity contribution in [2.45, 2.75) is 19.3 Å². The summed E-state index contributed by atoms with van der Waals surface area (Å²) in [5, 5.41) is 10.4. The van der Waals surface area contributed by atoms with Gasteiger partial charge in [0.1, 0.15) is 5.75 Å². The number of rotatable bonds is 6. The summed E-state index contributed by atoms with van der Waals surface area (Å²) in [4.78, 5) is 26.0. The summed E-state index contributed by atoms with van der Waals surface area (Å²) in [6.07, 6.45) is 1.35. The lowest BCUT2D eigenvalue weighted by Gasteiger charge is -2.39. The normalized spacial score (nSPS) is 16.0. The van der Waals surface area contributed by atoms with Crippen LogP contribution in [0.3, 0.4) is 0 Å². The van der Waals surface area contributed by atoms with E-state index in [4.69, 9.17) is 16.3 Å². The van der Waals surface area contributed by atoms with Crippen LogP contribution < -0.4 is 4.74 Å². The highest BCUT2D eigenvalue weighted by molar-refractivity contribution is 6.30. The Hall–Kier alpha value is -2.53. The Bertz CT molecular complexity index is 784. The van der Waals surface area contributed by atoms with Crippen molar-refractivity contribution in [2.24, 2.45) is 5.41 Å². The minimum Gasteiger partial charge on any atom is -0.484 e. The zero-order valence-electron chi connectivity index (χ0n) is 14.9. The Balaban J connectivity index is 1.56. The number of aliphatic carboxylic acids is 1. The highest BCUT2D eigenvalue weighted by atomic mass is 35.5. The number of carboxylic acids is 1. The minimum atomic E-state index is -0.824. The molecule has 0 spiro atoms. The van der Waals surface area contributed by atoms with Crippen molar-refractivity contribution in [3.8, 4) is 5.75 Å². The molecule has 1 N–H and O–H groups in total. The van der Waals surface area contributed by atoms with Crippen LogP contribution in [0.1, 0.15) is 18.4 Å². The summed E-state index contributed by atoms with van der Waals surface area (Å²) in [6, 6.07) is 16.5. The molecule has 0 radical (unpaired) electrons. The summed E-state index contributed by atoms with van der Waals surface area (Å²) >= 11 is 5.83. The van der Waals surface area contributed by atoms with Crippen LogP contribution in [0.4, 0.5) is 0 Å². The Morgan fingerprint density at radius 3 is 2.26 bits per heavy atom. The molecule has 0 atom stereocenters. The topological polar surface area (TPSA) is 66.8 Å². The molecule has 0 aromatic heterocycles. The monoisotopic (exact) mass is 387 g/mol. The van der Waals surface area contributed by atoms with Gasteiger partial charge < -0.3 is 14.7 Å². The summed E-state index contributed by atoms with van der Waals surface area (Å²) in [5.74, 6) is -0.353. The van der Waals surface area contributed by atoms with E-state index in [9.17, 15) is 14.7 Å². The molecule has 0 saturated carbocycles. The van der Waals surface area contributed by atoms with Crippen molar-refractivity contribution in [3.63, 3.8) is 0 Å². The molecule has 0 bridgehead atoms. The van der Waals surface area contributed by atoms with Crippen LogP contribution in [0.15, 0.2) is 54.6 Å². The first-order valence-electron chi connectivity index (χ1n) is 8.92. The van der Waals surface area contributed by atoms with Crippen molar-refractivity contribution in [2.75, 3.05) is 19.7 Å². The Kier molecular flexibility index (Phi) is 6.01. The molecule has 0 unspecified atom stereocenters. The molecule has 142 valence electrons. The molecule has 0 aliphatic carbocycles. The SMILES string of the molecule is O=C(COc1ccc(Cl)cc1)N1CCC(Cc2ccccc2)(C(=O)O)CC1. The van der Waals surface area contributed by atoms with Gasteiger partial charge in [0.15, 0.2) is 6.61 Å². The average Bonchev–Trinajstić information content (AvgIpc) is 2.68. The number of hydrogen-bond acceptors (Lipinski definition) is 3. The third-order valence-electron chi connectivity index (χ3n) is 5.09. The van der Waals surface area contributed by atoms with E-state index in [2.05, 4.69) is 0 Å². The van der Waals surface area contributed by atoms with E-state index < -0.39 is 11.4 Å². The number of carbonyl (C=O) groups excluding carboxylic acids is 1. The lowest BCUT2D eigenvalue weighted by molar-refractivity contribution is -0.154. The molecule has 27 heavy (non-hydrogen) atoms. The smallest absolute Gasteiger partial charge is 0.310 e. The van der Waals surface area contributed by atoms with Crippen LogP contribution in [0, 0.1) is 5.41 Å². The highest BCUT2D eigenvalue weighted by Crippen LogP contribution is 2.35. The predicted octanol–water partition coefficient (Wildman–Crippen LogP) is 3.65. The van der Waals surface area contributed by atoms with Crippen LogP contribution in [0.25, 0.3) is 0 Å². The van der Waals surface area contributed by atoms with Gasteiger partial charge in [-0.3, -0.25) is 9.59 Å². The number of ether oxygens (including phenoxy) is 1. The maximum Gasteiger partial charge on any atom is 0.310 e. The van der Waals surface area contributed by atoms with E-state index in [1.54, 1.807) is 29.2 Å². The third kappa shape index (κ3) is 4.80. The Labute approximate surface area is 163 Å². The van der Waals surface area contributed by atoms with Crippen LogP contribution in [-0.4, -0.2) is 41.6 Å². The number of benzene rings is 2. The fraction of sp³-hybridized carbons (Fsp3) is 0.333. The van der Waals surface area contributed by atoms with Gasteiger partial charge in [-0.25, -0.2) is 0 Å². The zero-order chi connectivity index (χ0) is 19.3. The van der Waals surface area contributed by atoms with Gasteiger partial charge in [-0.05, 0) is 49.1 Å². The van der Waals surface area contributed by atoms with Crippen LogP contribution >= 0.6 is 11.6 Å². The Morgan fingerprint density at radius 2 is 1.67 bits per heavy atom. The molecule has 1 amide bonds. The second-order valence-corrected chi connectivity index (χ2v) is 7.31. The number of likely N-dealkylation sites (tertiary alicyclic amines) is 1. The molecule has 1 saturated heterocycles. The van der Waals surface area contributed by atoms with Crippen molar-refractivity contribution in [1.82, 2.24) is 4.90 Å². The quantitative estimate of drug-likeness (QED) is 0.821. The molecule has 6 heteroatoms. The highest BCUT2D eigenvalue weighted by Gasteiger charge is 2.42. The predicted molar refractivity (Wildman–Crippen MR) is 103 cm³/mol. The molecular formula is C21H22ClNO4. The van der Waals surface area contributed by atoms with E-state index in [1.807, 2.05) is 30.3 Å². The van der Waals surface area contributed by atoms with Crippen molar-refractivity contribution >= 4 is 23.5 Å². The van der Waals surface area contributed by atoms with Gasteiger partial charge in [0.25, 0.3) is 5.91 Å². The van der Waals surface area contributed by atoms with E-state index in [0.717, 1.165) is 5.56 Å². The standard InChI is InChI=1S/C21H22ClNO4/c22-17-6-8-18(9-7-17)27-15-19(24)23-12-10-21(11-13-23,20(25)26)14-16-4-2-1-3-5-16/h1-9H,10-15H2,(H,25,26). The first-order chi connectivity index (χ1) is 13.0. The second-order valence-electron chi connectivity index (χ2n) is 6.87. The molecule has 1 aliphatic rings. The lowest BCUT2D eigenvalue weighted by Crippen LogP contribution is -2.48. The van der Waals surface area contributed by atoms with E-state index in [0.29, 0.717) is 43.1 Å². The number of nitrogens with zero attached hydrogens (tertiary/aromatic N) is 1. The number of halogens is 1. The van der Waals surface area contributed by atoms with Crippen molar-refractivity contribution in [3.05, 3.63) is 65.2 Å². The third-order valence-corrected chi connectivity index (χ3v) is 5.34. The molecule has 1 heterocycles. The number of carbonyl (C=O) groups is 2. The number of carboxylic acid groups (broad SMARTS) is 1. The maximum absolute atomic E-state index is 12.4. The molecule has 2 aromatic carbocycles. The molecule has 3 rings (SSSR count). The van der Waals surface area contributed by atoms with Gasteiger partial charge >= 0.3 is 5.97 Å². The van der Waals surface area contributed by atoms with Crippen LogP contribution in [0.2, 0.25) is 5.02 Å². The molecule has 2 aromatic rings. The van der Waals surface area contributed by atoms with Crippen LogP contribution in [-0.2, 0) is 16.0 Å². The fourth-order valence-corrected chi connectivity index (χ4v) is 3.53. The van der Waals surface area contributed by atoms with E-state index in [-0.39, 0.29) is 12.5 Å². The molecule has 1 fully saturated rings. The van der Waals surface area contributed by atoms with Crippen LogP contribution in [0.5, 0.6) is 5.75 Å². The second kappa shape index (κ2) is 8.44. The van der Waals surface area contributed by atoms with Gasteiger partial charge in [-0.2, -0.15) is 0 Å².